The summed E-state index contributed by atoms with van der Waals surface area (Å²) in [5.41, 5.74) is 0.543. The number of carbonyl (C=O) groups excluding carboxylic acids is 2. The van der Waals surface area contributed by atoms with Crippen molar-refractivity contribution in [2.24, 2.45) is 5.92 Å². The highest BCUT2D eigenvalue weighted by Gasteiger charge is 2.34. The van der Waals surface area contributed by atoms with Crippen LogP contribution in [0.25, 0.3) is 0 Å². The molecule has 1 aliphatic heterocycles. The number of likely N-dealkylation sites (tertiary alicyclic amines) is 1. The maximum absolute atomic E-state index is 12.4. The normalized spacial score (nSPS) is 19.4. The lowest BCUT2D eigenvalue weighted by atomic mass is 9.90. The van der Waals surface area contributed by atoms with E-state index in [2.05, 4.69) is 0 Å². The van der Waals surface area contributed by atoms with Gasteiger partial charge < -0.3 is 19.5 Å². The molecule has 0 bridgehead atoms. The molecule has 1 aromatic rings. The summed E-state index contributed by atoms with van der Waals surface area (Å²) in [6.45, 7) is 4.21. The molecule has 1 aromatic carbocycles. The van der Waals surface area contributed by atoms with Crippen molar-refractivity contribution in [2.45, 2.75) is 45.6 Å². The first-order chi connectivity index (χ1) is 12.8. The summed E-state index contributed by atoms with van der Waals surface area (Å²) in [5.74, 6) is -0.445. The number of methoxy groups -OCH3 is 1. The first-order valence-electron chi connectivity index (χ1n) is 9.19. The lowest BCUT2D eigenvalue weighted by molar-refractivity contribution is -0.149. The molecule has 2 atom stereocenters. The molecular formula is C20H27NO6. The van der Waals surface area contributed by atoms with E-state index >= 15 is 0 Å². The first-order valence-corrected chi connectivity index (χ1v) is 9.19. The fraction of sp³-hybridized carbons (Fsp3) is 0.550. The molecule has 1 aliphatic rings. The number of hydrogen-bond donors (Lipinski definition) is 1. The van der Waals surface area contributed by atoms with Crippen molar-refractivity contribution in [1.29, 1.82) is 0 Å². The Morgan fingerprint density at radius 3 is 2.63 bits per heavy atom. The minimum Gasteiger partial charge on any atom is -0.493 e. The van der Waals surface area contributed by atoms with Gasteiger partial charge in [0.25, 0.3) is 0 Å². The second-order valence-electron chi connectivity index (χ2n) is 6.79. The van der Waals surface area contributed by atoms with Crippen LogP contribution in [0.4, 0.5) is 0 Å². The van der Waals surface area contributed by atoms with Gasteiger partial charge in [-0.2, -0.15) is 0 Å². The molecule has 0 aromatic heterocycles. The molecule has 0 aliphatic carbocycles. The number of piperidine rings is 1. The number of nitrogens with zero attached hydrogens (tertiary/aromatic N) is 1. The van der Waals surface area contributed by atoms with E-state index in [1.165, 1.54) is 14.0 Å². The van der Waals surface area contributed by atoms with Crippen molar-refractivity contribution >= 4 is 17.7 Å². The summed E-state index contributed by atoms with van der Waals surface area (Å²) in [6, 6.07) is 4.70. The Morgan fingerprint density at radius 2 is 2.00 bits per heavy atom. The maximum atomic E-state index is 12.4. The van der Waals surface area contributed by atoms with E-state index in [1.54, 1.807) is 30.0 Å². The molecule has 1 heterocycles. The van der Waals surface area contributed by atoms with Crippen molar-refractivity contribution in [3.63, 3.8) is 0 Å². The number of benzene rings is 1. The van der Waals surface area contributed by atoms with Crippen LogP contribution in [-0.2, 0) is 9.59 Å². The van der Waals surface area contributed by atoms with Crippen molar-refractivity contribution in [2.75, 3.05) is 20.3 Å². The van der Waals surface area contributed by atoms with Gasteiger partial charge >= 0.3 is 5.97 Å². The van der Waals surface area contributed by atoms with Crippen LogP contribution in [-0.4, -0.2) is 54.0 Å². The molecule has 1 fully saturated rings. The molecule has 0 unspecified atom stereocenters. The molecule has 2 rings (SSSR count). The summed E-state index contributed by atoms with van der Waals surface area (Å²) >= 11 is 0. The third-order valence-electron chi connectivity index (χ3n) is 4.99. The van der Waals surface area contributed by atoms with Gasteiger partial charge in [-0.1, -0.05) is 0 Å². The minimum absolute atomic E-state index is 0.0454. The zero-order valence-corrected chi connectivity index (χ0v) is 16.1. The van der Waals surface area contributed by atoms with E-state index in [0.29, 0.717) is 55.9 Å². The topological polar surface area (TPSA) is 93.1 Å². The third kappa shape index (κ3) is 5.21. The van der Waals surface area contributed by atoms with Gasteiger partial charge in [0.1, 0.15) is 0 Å². The summed E-state index contributed by atoms with van der Waals surface area (Å²) < 4.78 is 10.9. The number of carboxylic acid groups (broad SMARTS) is 1. The van der Waals surface area contributed by atoms with E-state index in [0.717, 1.165) is 0 Å². The number of rotatable bonds is 8. The number of amides is 1. The molecule has 0 radical (unpaired) electrons. The fourth-order valence-electron chi connectivity index (χ4n) is 3.38. The van der Waals surface area contributed by atoms with E-state index in [1.807, 2.05) is 0 Å². The Hall–Kier alpha value is -2.57. The van der Waals surface area contributed by atoms with Crippen molar-refractivity contribution in [3.05, 3.63) is 23.8 Å². The standard InChI is InChI=1S/C20H27NO6/c1-13-16(20(24)25)6-4-10-21(13)19(23)7-5-11-27-17-9-8-15(14(2)22)12-18(17)26-3/h8-9,12-13,16H,4-7,10-11H2,1-3H3,(H,24,25)/t13-,16-/m0/s1. The van der Waals surface area contributed by atoms with Crippen LogP contribution in [0.15, 0.2) is 18.2 Å². The summed E-state index contributed by atoms with van der Waals surface area (Å²) in [6.07, 6.45) is 2.13. The zero-order chi connectivity index (χ0) is 20.0. The van der Waals surface area contributed by atoms with Gasteiger partial charge in [0.2, 0.25) is 5.91 Å². The number of hydrogen-bond acceptors (Lipinski definition) is 5. The van der Waals surface area contributed by atoms with Crippen LogP contribution in [0.3, 0.4) is 0 Å². The Labute approximate surface area is 159 Å². The maximum Gasteiger partial charge on any atom is 0.308 e. The predicted octanol–water partition coefficient (Wildman–Crippen LogP) is 2.77. The van der Waals surface area contributed by atoms with Crippen LogP contribution >= 0.6 is 0 Å². The summed E-state index contributed by atoms with van der Waals surface area (Å²) in [7, 11) is 1.51. The molecule has 27 heavy (non-hydrogen) atoms. The fourth-order valence-corrected chi connectivity index (χ4v) is 3.38. The van der Waals surface area contributed by atoms with E-state index in [9.17, 15) is 19.5 Å². The van der Waals surface area contributed by atoms with Gasteiger partial charge in [-0.3, -0.25) is 14.4 Å². The van der Waals surface area contributed by atoms with Gasteiger partial charge in [-0.05, 0) is 51.3 Å². The van der Waals surface area contributed by atoms with Gasteiger partial charge in [-0.15, -0.1) is 0 Å². The highest BCUT2D eigenvalue weighted by molar-refractivity contribution is 5.94. The third-order valence-corrected chi connectivity index (χ3v) is 4.99. The second kappa shape index (κ2) is 9.39. The van der Waals surface area contributed by atoms with Crippen LogP contribution < -0.4 is 9.47 Å². The smallest absolute Gasteiger partial charge is 0.308 e. The molecule has 7 nitrogen and oxygen atoms in total. The van der Waals surface area contributed by atoms with Crippen molar-refractivity contribution in [1.82, 2.24) is 4.90 Å². The van der Waals surface area contributed by atoms with Crippen molar-refractivity contribution < 1.29 is 29.0 Å². The first kappa shape index (κ1) is 20.7. The van der Waals surface area contributed by atoms with Gasteiger partial charge in [-0.25, -0.2) is 0 Å². The minimum atomic E-state index is -0.843. The number of ketones is 1. The highest BCUT2D eigenvalue weighted by atomic mass is 16.5. The number of carbonyl (C=O) groups is 3. The average Bonchev–Trinajstić information content (AvgIpc) is 2.64. The van der Waals surface area contributed by atoms with Crippen molar-refractivity contribution in [3.8, 4) is 11.5 Å². The SMILES string of the molecule is COc1cc(C(C)=O)ccc1OCCCC(=O)N1CCC[C@H](C(=O)O)[C@@H]1C. The Kier molecular flexibility index (Phi) is 7.21. The number of aliphatic carboxylic acids is 1. The Balaban J connectivity index is 1.85. The quantitative estimate of drug-likeness (QED) is 0.553. The molecule has 0 saturated carbocycles. The van der Waals surface area contributed by atoms with Gasteiger partial charge in [0.15, 0.2) is 17.3 Å². The van der Waals surface area contributed by atoms with Gasteiger partial charge in [0.05, 0.1) is 19.6 Å². The van der Waals surface area contributed by atoms with E-state index in [4.69, 9.17) is 9.47 Å². The van der Waals surface area contributed by atoms with Crippen LogP contribution in [0.1, 0.15) is 49.9 Å². The summed E-state index contributed by atoms with van der Waals surface area (Å²) in [4.78, 5) is 36.8. The Morgan fingerprint density at radius 1 is 1.26 bits per heavy atom. The predicted molar refractivity (Wildman–Crippen MR) is 99.3 cm³/mol. The molecule has 7 heteroatoms. The van der Waals surface area contributed by atoms with Gasteiger partial charge in [0, 0.05) is 24.6 Å². The Bertz CT molecular complexity index is 702. The molecular weight excluding hydrogens is 350 g/mol. The number of ether oxygens (including phenoxy) is 2. The average molecular weight is 377 g/mol. The molecule has 1 saturated heterocycles. The highest BCUT2D eigenvalue weighted by Crippen LogP contribution is 2.29. The van der Waals surface area contributed by atoms with Crippen LogP contribution in [0.2, 0.25) is 0 Å². The molecule has 1 N–H and O–H groups in total. The van der Waals surface area contributed by atoms with Crippen LogP contribution in [0.5, 0.6) is 11.5 Å². The second-order valence-corrected chi connectivity index (χ2v) is 6.79. The zero-order valence-electron chi connectivity index (χ0n) is 16.1. The van der Waals surface area contributed by atoms with E-state index < -0.39 is 11.9 Å². The lowest BCUT2D eigenvalue weighted by Gasteiger charge is -2.37. The summed E-state index contributed by atoms with van der Waals surface area (Å²) in [5, 5.41) is 9.26. The molecule has 1 amide bonds. The van der Waals surface area contributed by atoms with E-state index in [-0.39, 0.29) is 17.7 Å². The monoisotopic (exact) mass is 377 g/mol. The molecule has 0 spiro atoms. The number of carboxylic acids is 1. The lowest BCUT2D eigenvalue weighted by Crippen LogP contribution is -2.49. The van der Waals surface area contributed by atoms with Crippen LogP contribution in [0, 0.1) is 5.92 Å². The molecule has 148 valence electrons. The number of Topliss-reactive ketones (excluding diaryl/α,β-unsaturated/α-hetero) is 1. The largest absolute Gasteiger partial charge is 0.493 e.